The van der Waals surface area contributed by atoms with Crippen molar-refractivity contribution in [3.63, 3.8) is 0 Å². The molecule has 3 aromatic rings. The lowest BCUT2D eigenvalue weighted by atomic mass is 10.1. The van der Waals surface area contributed by atoms with E-state index in [0.717, 1.165) is 37.1 Å². The third kappa shape index (κ3) is 5.17. The maximum atomic E-state index is 12.1. The molecule has 0 aliphatic carbocycles. The summed E-state index contributed by atoms with van der Waals surface area (Å²) < 4.78 is 1.01. The lowest BCUT2D eigenvalue weighted by molar-refractivity contribution is -0.118. The molecule has 0 aliphatic heterocycles. The second-order valence-corrected chi connectivity index (χ2v) is 8.31. The minimum Gasteiger partial charge on any atom is -0.272 e. The van der Waals surface area contributed by atoms with Crippen LogP contribution in [0.15, 0.2) is 56.9 Å². The fourth-order valence-electron chi connectivity index (χ4n) is 2.79. The largest absolute Gasteiger partial charge is 0.272 e. The second kappa shape index (κ2) is 8.67. The number of carbonyl (C=O) groups excluding carboxylic acids is 1. The van der Waals surface area contributed by atoms with Crippen LogP contribution in [-0.4, -0.2) is 22.9 Å². The highest BCUT2D eigenvalue weighted by atomic mass is 79.9. The lowest BCUT2D eigenvalue weighted by Gasteiger charge is -2.10. The van der Waals surface area contributed by atoms with Crippen LogP contribution in [0.4, 0.5) is 0 Å². The van der Waals surface area contributed by atoms with E-state index in [-0.39, 0.29) is 5.91 Å². The zero-order valence-corrected chi connectivity index (χ0v) is 17.8. The number of hydrogen-bond donors (Lipinski definition) is 1. The Morgan fingerprint density at radius 2 is 1.93 bits per heavy atom. The summed E-state index contributed by atoms with van der Waals surface area (Å²) in [6.07, 6.45) is 1.63. The molecule has 27 heavy (non-hydrogen) atoms. The summed E-state index contributed by atoms with van der Waals surface area (Å²) in [5.41, 5.74) is 7.80. The Kier molecular flexibility index (Phi) is 6.29. The standard InChI is InChI=1S/C21H20BrN3OS/c1-13-8-14(2)21-18(9-13)19(10-15(3)24-21)27-12-20(26)25-23-11-16-4-6-17(22)7-5-16/h4-11H,12H2,1-3H3,(H,25,26)/b23-11+. The van der Waals surface area contributed by atoms with Crippen LogP contribution in [0.5, 0.6) is 0 Å². The van der Waals surface area contributed by atoms with Crippen molar-refractivity contribution in [1.29, 1.82) is 0 Å². The summed E-state index contributed by atoms with van der Waals surface area (Å²) in [5.74, 6) is 0.156. The molecule has 0 bridgehead atoms. The molecule has 0 unspecified atom stereocenters. The molecule has 0 saturated heterocycles. The number of pyridine rings is 1. The van der Waals surface area contributed by atoms with Gasteiger partial charge in [-0.3, -0.25) is 9.78 Å². The number of aryl methyl sites for hydroxylation is 3. The summed E-state index contributed by atoms with van der Waals surface area (Å²) in [4.78, 5) is 17.9. The topological polar surface area (TPSA) is 54.4 Å². The first kappa shape index (κ1) is 19.6. The number of amides is 1. The van der Waals surface area contributed by atoms with Gasteiger partial charge in [-0.15, -0.1) is 11.8 Å². The molecule has 2 aromatic carbocycles. The van der Waals surface area contributed by atoms with Crippen LogP contribution in [0, 0.1) is 20.8 Å². The van der Waals surface area contributed by atoms with Gasteiger partial charge in [0.25, 0.3) is 0 Å². The molecule has 1 N–H and O–H groups in total. The number of aromatic nitrogens is 1. The highest BCUT2D eigenvalue weighted by Crippen LogP contribution is 2.30. The highest BCUT2D eigenvalue weighted by molar-refractivity contribution is 9.10. The van der Waals surface area contributed by atoms with E-state index in [1.54, 1.807) is 6.21 Å². The van der Waals surface area contributed by atoms with Gasteiger partial charge in [-0.2, -0.15) is 5.10 Å². The fraction of sp³-hybridized carbons (Fsp3) is 0.190. The molecule has 1 heterocycles. The van der Waals surface area contributed by atoms with Gasteiger partial charge >= 0.3 is 0 Å². The number of thioether (sulfide) groups is 1. The number of rotatable bonds is 5. The van der Waals surface area contributed by atoms with Crippen LogP contribution in [0.1, 0.15) is 22.4 Å². The molecule has 0 saturated carbocycles. The van der Waals surface area contributed by atoms with E-state index in [1.807, 2.05) is 37.3 Å². The number of halogens is 1. The number of hydrogen-bond acceptors (Lipinski definition) is 4. The smallest absolute Gasteiger partial charge is 0.250 e. The molecule has 0 atom stereocenters. The van der Waals surface area contributed by atoms with Crippen molar-refractivity contribution in [1.82, 2.24) is 10.4 Å². The van der Waals surface area contributed by atoms with Gasteiger partial charge in [0.15, 0.2) is 0 Å². The lowest BCUT2D eigenvalue weighted by Crippen LogP contribution is -2.19. The molecule has 6 heteroatoms. The van der Waals surface area contributed by atoms with Crippen LogP contribution in [0.2, 0.25) is 0 Å². The van der Waals surface area contributed by atoms with Crippen molar-refractivity contribution in [2.75, 3.05) is 5.75 Å². The summed E-state index contributed by atoms with van der Waals surface area (Å²) in [7, 11) is 0. The monoisotopic (exact) mass is 441 g/mol. The molecule has 138 valence electrons. The number of fused-ring (bicyclic) bond motifs is 1. The molecule has 1 aromatic heterocycles. The minimum absolute atomic E-state index is 0.139. The predicted molar refractivity (Wildman–Crippen MR) is 117 cm³/mol. The van der Waals surface area contributed by atoms with E-state index in [2.05, 4.69) is 57.4 Å². The average Bonchev–Trinajstić information content (AvgIpc) is 2.62. The Bertz CT molecular complexity index is 1020. The number of hydrazone groups is 1. The van der Waals surface area contributed by atoms with Gasteiger partial charge in [0.1, 0.15) is 0 Å². The molecular weight excluding hydrogens is 422 g/mol. The molecular formula is C21H20BrN3OS. The van der Waals surface area contributed by atoms with E-state index < -0.39 is 0 Å². The zero-order chi connectivity index (χ0) is 19.4. The summed E-state index contributed by atoms with van der Waals surface area (Å²) >= 11 is 4.89. The van der Waals surface area contributed by atoms with Crippen LogP contribution < -0.4 is 5.43 Å². The van der Waals surface area contributed by atoms with Crippen molar-refractivity contribution in [3.05, 3.63) is 69.3 Å². The van der Waals surface area contributed by atoms with Crippen LogP contribution in [0.3, 0.4) is 0 Å². The second-order valence-electron chi connectivity index (χ2n) is 6.37. The number of carbonyl (C=O) groups is 1. The molecule has 0 aliphatic rings. The van der Waals surface area contributed by atoms with Gasteiger partial charge in [0.2, 0.25) is 5.91 Å². The van der Waals surface area contributed by atoms with Crippen molar-refractivity contribution in [3.8, 4) is 0 Å². The Morgan fingerprint density at radius 1 is 1.19 bits per heavy atom. The first-order valence-electron chi connectivity index (χ1n) is 8.51. The third-order valence-electron chi connectivity index (χ3n) is 3.97. The van der Waals surface area contributed by atoms with E-state index in [4.69, 9.17) is 0 Å². The van der Waals surface area contributed by atoms with Gasteiger partial charge in [0.05, 0.1) is 17.5 Å². The summed E-state index contributed by atoms with van der Waals surface area (Å²) in [6, 6.07) is 14.0. The normalized spacial score (nSPS) is 11.3. The van der Waals surface area contributed by atoms with Crippen molar-refractivity contribution in [2.24, 2.45) is 5.10 Å². The molecule has 0 spiro atoms. The summed E-state index contributed by atoms with van der Waals surface area (Å²) in [6.45, 7) is 6.12. The van der Waals surface area contributed by atoms with Gasteiger partial charge < -0.3 is 0 Å². The van der Waals surface area contributed by atoms with Crippen LogP contribution in [0.25, 0.3) is 10.9 Å². The van der Waals surface area contributed by atoms with E-state index in [9.17, 15) is 4.79 Å². The van der Waals surface area contributed by atoms with E-state index in [1.165, 1.54) is 17.3 Å². The first-order valence-corrected chi connectivity index (χ1v) is 10.3. The predicted octanol–water partition coefficient (Wildman–Crippen LogP) is 5.16. The first-order chi connectivity index (χ1) is 12.9. The van der Waals surface area contributed by atoms with Gasteiger partial charge in [-0.1, -0.05) is 39.7 Å². The maximum Gasteiger partial charge on any atom is 0.250 e. The highest BCUT2D eigenvalue weighted by Gasteiger charge is 2.10. The number of nitrogens with zero attached hydrogens (tertiary/aromatic N) is 2. The SMILES string of the molecule is Cc1cc(C)c2nc(C)cc(SCC(=O)N/N=C/c3ccc(Br)cc3)c2c1. The van der Waals surface area contributed by atoms with E-state index in [0.29, 0.717) is 5.75 Å². The molecule has 1 amide bonds. The molecule has 0 fully saturated rings. The molecule has 0 radical (unpaired) electrons. The Balaban J connectivity index is 1.67. The Morgan fingerprint density at radius 3 is 2.67 bits per heavy atom. The fourth-order valence-corrected chi connectivity index (χ4v) is 3.98. The van der Waals surface area contributed by atoms with Crippen LogP contribution in [-0.2, 0) is 4.79 Å². The van der Waals surface area contributed by atoms with Crippen molar-refractivity contribution in [2.45, 2.75) is 25.7 Å². The van der Waals surface area contributed by atoms with Crippen molar-refractivity contribution >= 4 is 50.7 Å². The Labute approximate surface area is 171 Å². The Hall–Kier alpha value is -2.18. The number of nitrogens with one attached hydrogen (secondary N) is 1. The molecule has 3 rings (SSSR count). The quantitative estimate of drug-likeness (QED) is 0.337. The third-order valence-corrected chi connectivity index (χ3v) is 5.55. The van der Waals surface area contributed by atoms with Gasteiger partial charge in [-0.05, 0) is 56.2 Å². The van der Waals surface area contributed by atoms with Crippen molar-refractivity contribution < 1.29 is 4.79 Å². The van der Waals surface area contributed by atoms with E-state index >= 15 is 0 Å². The van der Waals surface area contributed by atoms with Gasteiger partial charge in [0, 0.05) is 20.4 Å². The minimum atomic E-state index is -0.139. The number of benzene rings is 2. The maximum absolute atomic E-state index is 12.1. The average molecular weight is 442 g/mol. The van der Waals surface area contributed by atoms with Gasteiger partial charge in [-0.25, -0.2) is 5.43 Å². The molecule has 4 nitrogen and oxygen atoms in total. The zero-order valence-electron chi connectivity index (χ0n) is 15.4. The van der Waals surface area contributed by atoms with Crippen LogP contribution >= 0.6 is 27.7 Å². The summed E-state index contributed by atoms with van der Waals surface area (Å²) in [5, 5.41) is 5.12.